The summed E-state index contributed by atoms with van der Waals surface area (Å²) in [5.41, 5.74) is 10.9. The molecule has 3 N–H and O–H groups in total. The van der Waals surface area contributed by atoms with Crippen molar-refractivity contribution < 1.29 is 9.90 Å². The highest BCUT2D eigenvalue weighted by molar-refractivity contribution is 5.73. The van der Waals surface area contributed by atoms with E-state index in [1.54, 1.807) is 0 Å². The van der Waals surface area contributed by atoms with E-state index < -0.39 is 5.97 Å². The van der Waals surface area contributed by atoms with Gasteiger partial charge in [0.05, 0.1) is 5.92 Å². The molecule has 1 saturated carbocycles. The van der Waals surface area contributed by atoms with Crippen LogP contribution in [0.25, 0.3) is 0 Å². The minimum Gasteiger partial charge on any atom is -0.481 e. The average Bonchev–Trinajstić information content (AvgIpc) is 2.94. The molecule has 17 heavy (non-hydrogen) atoms. The summed E-state index contributed by atoms with van der Waals surface area (Å²) < 4.78 is 0. The van der Waals surface area contributed by atoms with Crippen LogP contribution in [-0.2, 0) is 4.79 Å². The molecular weight excluding hydrogens is 214 g/mol. The molecule has 0 aromatic heterocycles. The lowest BCUT2D eigenvalue weighted by molar-refractivity contribution is -0.138. The van der Waals surface area contributed by atoms with Crippen LogP contribution in [0.1, 0.15) is 34.7 Å². The number of carboxylic acids is 1. The molecule has 1 aliphatic carbocycles. The van der Waals surface area contributed by atoms with Gasteiger partial charge in [0.15, 0.2) is 0 Å². The maximum Gasteiger partial charge on any atom is 0.306 e. The predicted molar refractivity (Wildman–Crippen MR) is 66.8 cm³/mol. The van der Waals surface area contributed by atoms with Crippen LogP contribution in [0, 0.1) is 32.6 Å². The molecule has 3 unspecified atom stereocenters. The van der Waals surface area contributed by atoms with Gasteiger partial charge in [-0.15, -0.1) is 0 Å². The van der Waals surface area contributed by atoms with Crippen molar-refractivity contribution in [1.29, 1.82) is 0 Å². The topological polar surface area (TPSA) is 63.3 Å². The maximum atomic E-state index is 10.9. The van der Waals surface area contributed by atoms with Crippen molar-refractivity contribution in [2.24, 2.45) is 17.6 Å². The Hall–Kier alpha value is -1.35. The first-order valence-electron chi connectivity index (χ1n) is 5.98. The Bertz CT molecular complexity index is 444. The fourth-order valence-corrected chi connectivity index (χ4v) is 2.83. The lowest BCUT2D eigenvalue weighted by atomic mass is 9.91. The van der Waals surface area contributed by atoms with Crippen molar-refractivity contribution in [1.82, 2.24) is 0 Å². The predicted octanol–water partition coefficient (Wildman–Crippen LogP) is 2.33. The Morgan fingerprint density at radius 2 is 1.88 bits per heavy atom. The molecule has 0 aliphatic heterocycles. The van der Waals surface area contributed by atoms with Crippen LogP contribution in [0.15, 0.2) is 12.1 Å². The minimum atomic E-state index is -0.715. The number of nitrogens with two attached hydrogens (primary N) is 1. The number of hydrogen-bond acceptors (Lipinski definition) is 2. The van der Waals surface area contributed by atoms with Gasteiger partial charge in [0.25, 0.3) is 0 Å². The lowest BCUT2D eigenvalue weighted by Gasteiger charge is -2.18. The van der Waals surface area contributed by atoms with Crippen molar-refractivity contribution in [3.63, 3.8) is 0 Å². The second-order valence-electron chi connectivity index (χ2n) is 5.18. The number of aliphatic carboxylic acids is 1. The van der Waals surface area contributed by atoms with Crippen LogP contribution in [0.4, 0.5) is 0 Å². The first-order chi connectivity index (χ1) is 7.91. The van der Waals surface area contributed by atoms with Crippen LogP contribution in [0.3, 0.4) is 0 Å². The summed E-state index contributed by atoms with van der Waals surface area (Å²) in [4.78, 5) is 10.9. The van der Waals surface area contributed by atoms with Gasteiger partial charge in [-0.3, -0.25) is 4.79 Å². The van der Waals surface area contributed by atoms with E-state index in [2.05, 4.69) is 19.1 Å². The summed E-state index contributed by atoms with van der Waals surface area (Å²) in [7, 11) is 0. The first kappa shape index (κ1) is 12.1. The van der Waals surface area contributed by atoms with Gasteiger partial charge < -0.3 is 10.8 Å². The molecule has 0 bridgehead atoms. The van der Waals surface area contributed by atoms with Gasteiger partial charge in [-0.25, -0.2) is 0 Å². The van der Waals surface area contributed by atoms with E-state index >= 15 is 0 Å². The molecule has 92 valence electrons. The van der Waals surface area contributed by atoms with Crippen molar-refractivity contribution in [3.8, 4) is 0 Å². The third-order valence-electron chi connectivity index (χ3n) is 3.69. The molecular formula is C14H19NO2. The van der Waals surface area contributed by atoms with Gasteiger partial charge in [-0.2, -0.15) is 0 Å². The van der Waals surface area contributed by atoms with Gasteiger partial charge in [0.2, 0.25) is 0 Å². The van der Waals surface area contributed by atoms with E-state index in [0.717, 1.165) is 5.56 Å². The fourth-order valence-electron chi connectivity index (χ4n) is 2.83. The Morgan fingerprint density at radius 3 is 2.29 bits per heavy atom. The van der Waals surface area contributed by atoms with Gasteiger partial charge in [0, 0.05) is 6.04 Å². The number of rotatable bonds is 3. The number of aryl methyl sites for hydroxylation is 3. The Kier molecular flexibility index (Phi) is 2.96. The fraction of sp³-hybridized carbons (Fsp3) is 0.500. The van der Waals surface area contributed by atoms with Gasteiger partial charge in [-0.1, -0.05) is 17.7 Å². The quantitative estimate of drug-likeness (QED) is 0.842. The highest BCUT2D eigenvalue weighted by Gasteiger charge is 2.47. The molecule has 1 aromatic carbocycles. The molecule has 3 nitrogen and oxygen atoms in total. The molecule has 0 amide bonds. The smallest absolute Gasteiger partial charge is 0.306 e. The lowest BCUT2D eigenvalue weighted by Crippen LogP contribution is -2.18. The van der Waals surface area contributed by atoms with Crippen molar-refractivity contribution in [2.75, 3.05) is 0 Å². The average molecular weight is 233 g/mol. The van der Waals surface area contributed by atoms with Gasteiger partial charge in [-0.05, 0) is 49.8 Å². The summed E-state index contributed by atoms with van der Waals surface area (Å²) in [5.74, 6) is -0.856. The largest absolute Gasteiger partial charge is 0.481 e. The van der Waals surface area contributed by atoms with Crippen molar-refractivity contribution >= 4 is 5.97 Å². The van der Waals surface area contributed by atoms with E-state index in [-0.39, 0.29) is 17.9 Å². The molecule has 1 aliphatic rings. The van der Waals surface area contributed by atoms with Crippen molar-refractivity contribution in [2.45, 2.75) is 33.2 Å². The number of carbonyl (C=O) groups is 1. The summed E-state index contributed by atoms with van der Waals surface area (Å²) in [5, 5.41) is 8.95. The normalized spacial score (nSPS) is 24.5. The molecule has 3 atom stereocenters. The SMILES string of the molecule is Cc1cc(C)c(C(N)C2CC2C(=O)O)c(C)c1. The van der Waals surface area contributed by atoms with Crippen molar-refractivity contribution in [3.05, 3.63) is 34.4 Å². The molecule has 1 fully saturated rings. The summed E-state index contributed by atoms with van der Waals surface area (Å²) in [6.45, 7) is 6.16. The molecule has 0 spiro atoms. The zero-order valence-corrected chi connectivity index (χ0v) is 10.5. The maximum absolute atomic E-state index is 10.9. The van der Waals surface area contributed by atoms with E-state index in [9.17, 15) is 4.79 Å². The minimum absolute atomic E-state index is 0.104. The second kappa shape index (κ2) is 4.15. The summed E-state index contributed by atoms with van der Waals surface area (Å²) in [6, 6.07) is 4.08. The highest BCUT2D eigenvalue weighted by atomic mass is 16.4. The van der Waals surface area contributed by atoms with Crippen LogP contribution in [0.2, 0.25) is 0 Å². The number of hydrogen-bond donors (Lipinski definition) is 2. The molecule has 0 saturated heterocycles. The number of benzene rings is 1. The monoisotopic (exact) mass is 233 g/mol. The van der Waals surface area contributed by atoms with E-state index in [4.69, 9.17) is 10.8 Å². The Morgan fingerprint density at radius 1 is 1.35 bits per heavy atom. The van der Waals surface area contributed by atoms with E-state index in [0.29, 0.717) is 6.42 Å². The molecule has 0 radical (unpaired) electrons. The standard InChI is InChI=1S/C14H19NO2/c1-7-4-8(2)12(9(3)5-7)13(15)10-6-11(10)14(16)17/h4-5,10-11,13H,6,15H2,1-3H3,(H,16,17). The second-order valence-corrected chi connectivity index (χ2v) is 5.18. The Labute approximate surface area is 102 Å². The number of carboxylic acid groups (broad SMARTS) is 1. The van der Waals surface area contributed by atoms with Gasteiger partial charge >= 0.3 is 5.97 Å². The highest BCUT2D eigenvalue weighted by Crippen LogP contribution is 2.47. The third kappa shape index (κ3) is 2.20. The molecule has 3 heteroatoms. The summed E-state index contributed by atoms with van der Waals surface area (Å²) in [6.07, 6.45) is 0.712. The van der Waals surface area contributed by atoms with Gasteiger partial charge in [0.1, 0.15) is 0 Å². The third-order valence-corrected chi connectivity index (χ3v) is 3.69. The molecule has 0 heterocycles. The van der Waals surface area contributed by atoms with E-state index in [1.165, 1.54) is 16.7 Å². The van der Waals surface area contributed by atoms with Crippen LogP contribution in [0.5, 0.6) is 0 Å². The van der Waals surface area contributed by atoms with Crippen LogP contribution < -0.4 is 5.73 Å². The zero-order chi connectivity index (χ0) is 12.7. The Balaban J connectivity index is 2.27. The first-order valence-corrected chi connectivity index (χ1v) is 5.98. The van der Waals surface area contributed by atoms with Crippen LogP contribution in [-0.4, -0.2) is 11.1 Å². The molecule has 1 aromatic rings. The van der Waals surface area contributed by atoms with E-state index in [1.807, 2.05) is 13.8 Å². The zero-order valence-electron chi connectivity index (χ0n) is 10.5. The summed E-state index contributed by atoms with van der Waals surface area (Å²) >= 11 is 0. The van der Waals surface area contributed by atoms with Crippen LogP contribution >= 0.6 is 0 Å². The molecule has 2 rings (SSSR count).